The first kappa shape index (κ1) is 13.2. The number of hydrogen-bond donors (Lipinski definition) is 0. The normalized spacial score (nSPS) is 18.8. The molecule has 1 aliphatic rings. The van der Waals surface area contributed by atoms with Gasteiger partial charge in [-0.2, -0.15) is 0 Å². The topological polar surface area (TPSA) is 27.7 Å². The maximum Gasteiger partial charge on any atom is 0.229 e. The van der Waals surface area contributed by atoms with Gasteiger partial charge in [0, 0.05) is 18.6 Å². The third-order valence-electron chi connectivity index (χ3n) is 2.79. The van der Waals surface area contributed by atoms with Crippen molar-refractivity contribution in [1.82, 2.24) is 0 Å². The zero-order valence-electron chi connectivity index (χ0n) is 9.88. The fourth-order valence-electron chi connectivity index (χ4n) is 1.49. The summed E-state index contributed by atoms with van der Waals surface area (Å²) in [6, 6.07) is 1.13. The first-order valence-corrected chi connectivity index (χ1v) is 6.94. The van der Waals surface area contributed by atoms with Crippen molar-refractivity contribution < 1.29 is 13.9 Å². The zero-order chi connectivity index (χ0) is 11.0. The highest BCUT2D eigenvalue weighted by Crippen LogP contribution is 2.31. The van der Waals surface area contributed by atoms with Crippen molar-refractivity contribution in [2.24, 2.45) is 5.41 Å². The molecule has 4 heteroatoms. The van der Waals surface area contributed by atoms with E-state index in [1.807, 2.05) is 6.92 Å². The summed E-state index contributed by atoms with van der Waals surface area (Å²) in [5, 5.41) is 0. The summed E-state index contributed by atoms with van der Waals surface area (Å²) >= 11 is 0. The van der Waals surface area contributed by atoms with E-state index in [2.05, 4.69) is 6.92 Å². The molecule has 2 radical (unpaired) electrons. The maximum absolute atomic E-state index is 5.68. The molecular weight excluding hydrogens is 208 g/mol. The summed E-state index contributed by atoms with van der Waals surface area (Å²) in [6.45, 7) is 8.56. The lowest BCUT2D eigenvalue weighted by Gasteiger charge is -2.40. The number of ether oxygens (including phenoxy) is 2. The summed E-state index contributed by atoms with van der Waals surface area (Å²) < 4.78 is 16.2. The molecule has 1 aliphatic heterocycles. The molecule has 0 bridgehead atoms. The van der Waals surface area contributed by atoms with Gasteiger partial charge in [0.1, 0.15) is 0 Å². The highest BCUT2D eigenvalue weighted by molar-refractivity contribution is 6.26. The molecule has 88 valence electrons. The molecule has 1 saturated heterocycles. The van der Waals surface area contributed by atoms with Crippen molar-refractivity contribution in [3.63, 3.8) is 0 Å². The molecule has 1 heterocycles. The molecule has 0 atom stereocenters. The molecule has 0 amide bonds. The van der Waals surface area contributed by atoms with Gasteiger partial charge < -0.3 is 13.9 Å². The van der Waals surface area contributed by atoms with Crippen LogP contribution in [0.4, 0.5) is 0 Å². The molecule has 1 rings (SSSR count). The van der Waals surface area contributed by atoms with Crippen LogP contribution >= 0.6 is 0 Å². The molecule has 0 aromatic carbocycles. The van der Waals surface area contributed by atoms with E-state index >= 15 is 0 Å². The minimum absolute atomic E-state index is 0.336. The molecule has 0 aromatic heterocycles. The lowest BCUT2D eigenvalue weighted by molar-refractivity contribution is -0.150. The smallest absolute Gasteiger partial charge is 0.229 e. The minimum atomic E-state index is 0.336. The summed E-state index contributed by atoms with van der Waals surface area (Å²) in [7, 11) is 0.640. The van der Waals surface area contributed by atoms with Gasteiger partial charge in [-0.15, -0.1) is 0 Å². The highest BCUT2D eigenvalue weighted by atomic mass is 28.2. The first-order valence-electron chi connectivity index (χ1n) is 5.83. The van der Waals surface area contributed by atoms with E-state index < -0.39 is 0 Å². The predicted molar refractivity (Wildman–Crippen MR) is 61.2 cm³/mol. The first-order chi connectivity index (χ1) is 7.33. The maximum atomic E-state index is 5.68. The minimum Gasteiger partial charge on any atom is -0.418 e. The molecular formula is C11H22O3Si. The van der Waals surface area contributed by atoms with Gasteiger partial charge in [-0.1, -0.05) is 6.92 Å². The quantitative estimate of drug-likeness (QED) is 0.447. The second kappa shape index (κ2) is 7.38. The van der Waals surface area contributed by atoms with E-state index in [-0.39, 0.29) is 0 Å². The molecule has 15 heavy (non-hydrogen) atoms. The van der Waals surface area contributed by atoms with Crippen molar-refractivity contribution in [3.05, 3.63) is 0 Å². The Labute approximate surface area is 95.4 Å². The largest absolute Gasteiger partial charge is 0.418 e. The average molecular weight is 230 g/mol. The summed E-state index contributed by atoms with van der Waals surface area (Å²) in [5.74, 6) is 0. The summed E-state index contributed by atoms with van der Waals surface area (Å²) in [6.07, 6.45) is 2.27. The summed E-state index contributed by atoms with van der Waals surface area (Å²) in [5.41, 5.74) is 0.336. The Morgan fingerprint density at radius 1 is 1.33 bits per heavy atom. The average Bonchev–Trinajstić information content (AvgIpc) is 2.20. The van der Waals surface area contributed by atoms with Gasteiger partial charge in [0.25, 0.3) is 0 Å². The van der Waals surface area contributed by atoms with Gasteiger partial charge in [-0.25, -0.2) is 0 Å². The van der Waals surface area contributed by atoms with Crippen molar-refractivity contribution >= 4 is 9.76 Å². The zero-order valence-corrected chi connectivity index (χ0v) is 10.9. The second-order valence-electron chi connectivity index (χ2n) is 4.08. The third-order valence-corrected chi connectivity index (χ3v) is 3.84. The van der Waals surface area contributed by atoms with Crippen LogP contribution in [0, 0.1) is 5.41 Å². The highest BCUT2D eigenvalue weighted by Gasteiger charge is 2.36. The second-order valence-corrected chi connectivity index (χ2v) is 5.16. The monoisotopic (exact) mass is 230 g/mol. The van der Waals surface area contributed by atoms with E-state index in [0.717, 1.165) is 51.9 Å². The van der Waals surface area contributed by atoms with Crippen LogP contribution in [-0.4, -0.2) is 42.8 Å². The molecule has 3 nitrogen and oxygen atoms in total. The van der Waals surface area contributed by atoms with Crippen molar-refractivity contribution in [2.45, 2.75) is 32.7 Å². The van der Waals surface area contributed by atoms with Gasteiger partial charge >= 0.3 is 0 Å². The standard InChI is InChI=1S/C11H22O3Si/c1-3-11(9-13-10-11)8-12-6-5-7-15-14-4-2/h3-10H2,1-2H3. The van der Waals surface area contributed by atoms with Crippen LogP contribution in [0.25, 0.3) is 0 Å². The lowest BCUT2D eigenvalue weighted by Crippen LogP contribution is -2.45. The van der Waals surface area contributed by atoms with Crippen LogP contribution < -0.4 is 0 Å². The molecule has 0 unspecified atom stereocenters. The molecule has 0 aromatic rings. The Hall–Kier alpha value is 0.0969. The van der Waals surface area contributed by atoms with Crippen LogP contribution in [0.15, 0.2) is 0 Å². The molecule has 0 N–H and O–H groups in total. The Morgan fingerprint density at radius 2 is 2.13 bits per heavy atom. The Bertz CT molecular complexity index is 154. The van der Waals surface area contributed by atoms with Crippen molar-refractivity contribution in [2.75, 3.05) is 33.0 Å². The van der Waals surface area contributed by atoms with Gasteiger partial charge in [0.05, 0.1) is 19.8 Å². The van der Waals surface area contributed by atoms with E-state index in [1.54, 1.807) is 0 Å². The number of rotatable bonds is 9. The van der Waals surface area contributed by atoms with Crippen LogP contribution in [-0.2, 0) is 13.9 Å². The third kappa shape index (κ3) is 4.63. The van der Waals surface area contributed by atoms with E-state index in [9.17, 15) is 0 Å². The van der Waals surface area contributed by atoms with Gasteiger partial charge in [-0.05, 0) is 25.8 Å². The molecule has 1 fully saturated rings. The van der Waals surface area contributed by atoms with Crippen LogP contribution in [0.1, 0.15) is 26.7 Å². The van der Waals surface area contributed by atoms with Crippen LogP contribution in [0.2, 0.25) is 6.04 Å². The van der Waals surface area contributed by atoms with Crippen LogP contribution in [0.5, 0.6) is 0 Å². The SMILES string of the molecule is CCO[Si]CCCOCC1(CC)COC1. The van der Waals surface area contributed by atoms with Crippen LogP contribution in [0.3, 0.4) is 0 Å². The van der Waals surface area contributed by atoms with Gasteiger partial charge in [-0.3, -0.25) is 0 Å². The molecule has 0 spiro atoms. The van der Waals surface area contributed by atoms with E-state index in [4.69, 9.17) is 13.9 Å². The Morgan fingerprint density at radius 3 is 2.67 bits per heavy atom. The summed E-state index contributed by atoms with van der Waals surface area (Å²) in [4.78, 5) is 0. The predicted octanol–water partition coefficient (Wildman–Crippen LogP) is 1.89. The van der Waals surface area contributed by atoms with Gasteiger partial charge in [0.15, 0.2) is 0 Å². The fourth-order valence-corrected chi connectivity index (χ4v) is 2.13. The molecule has 0 aliphatic carbocycles. The van der Waals surface area contributed by atoms with E-state index in [1.165, 1.54) is 0 Å². The lowest BCUT2D eigenvalue weighted by atomic mass is 9.84. The van der Waals surface area contributed by atoms with E-state index in [0.29, 0.717) is 15.2 Å². The Kier molecular flexibility index (Phi) is 6.48. The van der Waals surface area contributed by atoms with Gasteiger partial charge in [0.2, 0.25) is 9.76 Å². The molecule has 0 saturated carbocycles. The number of hydrogen-bond acceptors (Lipinski definition) is 3. The van der Waals surface area contributed by atoms with Crippen molar-refractivity contribution in [1.29, 1.82) is 0 Å². The Balaban J connectivity index is 1.88. The van der Waals surface area contributed by atoms with Crippen molar-refractivity contribution in [3.8, 4) is 0 Å². The fraction of sp³-hybridized carbons (Fsp3) is 1.00.